The fraction of sp³-hybridized carbons (Fsp3) is 0.600. The lowest BCUT2D eigenvalue weighted by Gasteiger charge is -2.31. The Kier molecular flexibility index (Phi) is 3.82. The monoisotopic (exact) mass is 236 g/mol. The van der Waals surface area contributed by atoms with Gasteiger partial charge in [-0.3, -0.25) is 0 Å². The molecule has 0 N–H and O–H groups in total. The SMILES string of the molecule is CC(C)CO[C@@H]1CCc2cc(F)ccc2[C@@H]1C. The fourth-order valence-electron chi connectivity index (χ4n) is 2.53. The van der Waals surface area contributed by atoms with Crippen molar-refractivity contribution in [3.05, 3.63) is 35.1 Å². The van der Waals surface area contributed by atoms with Crippen LogP contribution in [0.1, 0.15) is 44.2 Å². The highest BCUT2D eigenvalue weighted by Gasteiger charge is 2.27. The molecule has 1 nitrogen and oxygen atoms in total. The van der Waals surface area contributed by atoms with Crippen LogP contribution in [0.2, 0.25) is 0 Å². The predicted molar refractivity (Wildman–Crippen MR) is 67.7 cm³/mol. The van der Waals surface area contributed by atoms with E-state index in [9.17, 15) is 4.39 Å². The second-order valence-corrected chi connectivity index (χ2v) is 5.44. The Balaban J connectivity index is 2.10. The van der Waals surface area contributed by atoms with Crippen molar-refractivity contribution >= 4 is 0 Å². The molecule has 2 heteroatoms. The summed E-state index contributed by atoms with van der Waals surface area (Å²) >= 11 is 0. The summed E-state index contributed by atoms with van der Waals surface area (Å²) in [6, 6.07) is 5.14. The minimum atomic E-state index is -0.127. The summed E-state index contributed by atoms with van der Waals surface area (Å²) in [6.45, 7) is 7.32. The normalized spacial score (nSPS) is 23.8. The number of hydrogen-bond donors (Lipinski definition) is 0. The van der Waals surface area contributed by atoms with E-state index in [1.54, 1.807) is 12.1 Å². The van der Waals surface area contributed by atoms with Gasteiger partial charge in [-0.1, -0.05) is 26.8 Å². The first-order chi connectivity index (χ1) is 8.08. The van der Waals surface area contributed by atoms with E-state index in [-0.39, 0.29) is 11.9 Å². The molecule has 1 aromatic rings. The van der Waals surface area contributed by atoms with E-state index in [2.05, 4.69) is 20.8 Å². The lowest BCUT2D eigenvalue weighted by molar-refractivity contribution is 0.0129. The van der Waals surface area contributed by atoms with Crippen LogP contribution in [0.3, 0.4) is 0 Å². The van der Waals surface area contributed by atoms with Crippen molar-refractivity contribution in [2.24, 2.45) is 5.92 Å². The Morgan fingerprint density at radius 2 is 2.18 bits per heavy atom. The van der Waals surface area contributed by atoms with E-state index in [4.69, 9.17) is 4.74 Å². The molecule has 2 rings (SSSR count). The van der Waals surface area contributed by atoms with Gasteiger partial charge in [0.15, 0.2) is 0 Å². The number of rotatable bonds is 3. The van der Waals surface area contributed by atoms with Crippen LogP contribution in [0.4, 0.5) is 4.39 Å². The fourth-order valence-corrected chi connectivity index (χ4v) is 2.53. The number of halogens is 1. The highest BCUT2D eigenvalue weighted by atomic mass is 19.1. The van der Waals surface area contributed by atoms with Gasteiger partial charge in [0.05, 0.1) is 6.10 Å². The lowest BCUT2D eigenvalue weighted by atomic mass is 9.82. The third kappa shape index (κ3) is 2.86. The van der Waals surface area contributed by atoms with Crippen LogP contribution in [-0.4, -0.2) is 12.7 Å². The molecule has 0 aliphatic heterocycles. The van der Waals surface area contributed by atoms with Crippen LogP contribution in [0, 0.1) is 11.7 Å². The first kappa shape index (κ1) is 12.6. The summed E-state index contributed by atoms with van der Waals surface area (Å²) in [5.74, 6) is 0.812. The van der Waals surface area contributed by atoms with Gasteiger partial charge in [-0.15, -0.1) is 0 Å². The second-order valence-electron chi connectivity index (χ2n) is 5.44. The third-order valence-corrected chi connectivity index (χ3v) is 3.50. The standard InChI is InChI=1S/C15H21FO/c1-10(2)9-17-15-7-4-12-8-13(16)5-6-14(12)11(15)3/h5-6,8,10-11,15H,4,7,9H2,1-3H3/t11-,15+/m0/s1. The first-order valence-electron chi connectivity index (χ1n) is 6.48. The van der Waals surface area contributed by atoms with Crippen LogP contribution in [0.25, 0.3) is 0 Å². The Labute approximate surface area is 103 Å². The van der Waals surface area contributed by atoms with Gasteiger partial charge in [0.1, 0.15) is 5.82 Å². The number of hydrogen-bond acceptors (Lipinski definition) is 1. The van der Waals surface area contributed by atoms with E-state index < -0.39 is 0 Å². The maximum atomic E-state index is 13.1. The molecule has 17 heavy (non-hydrogen) atoms. The molecule has 0 saturated heterocycles. The molecule has 1 aliphatic rings. The van der Waals surface area contributed by atoms with Gasteiger partial charge in [-0.25, -0.2) is 4.39 Å². The quantitative estimate of drug-likeness (QED) is 0.773. The maximum Gasteiger partial charge on any atom is 0.123 e. The van der Waals surface area contributed by atoms with E-state index in [1.165, 1.54) is 5.56 Å². The molecule has 0 saturated carbocycles. The van der Waals surface area contributed by atoms with E-state index in [0.29, 0.717) is 11.8 Å². The van der Waals surface area contributed by atoms with Crippen LogP contribution < -0.4 is 0 Å². The molecule has 1 aliphatic carbocycles. The zero-order valence-electron chi connectivity index (χ0n) is 10.9. The molecular weight excluding hydrogens is 215 g/mol. The Morgan fingerprint density at radius 1 is 1.41 bits per heavy atom. The van der Waals surface area contributed by atoms with E-state index in [0.717, 1.165) is 25.0 Å². The smallest absolute Gasteiger partial charge is 0.123 e. The molecule has 0 aromatic heterocycles. The molecule has 0 fully saturated rings. The molecular formula is C15H21FO. The van der Waals surface area contributed by atoms with E-state index >= 15 is 0 Å². The predicted octanol–water partition coefficient (Wildman–Crippen LogP) is 3.92. The van der Waals surface area contributed by atoms with Crippen molar-refractivity contribution in [1.82, 2.24) is 0 Å². The van der Waals surface area contributed by atoms with Gasteiger partial charge >= 0.3 is 0 Å². The molecule has 0 bridgehead atoms. The van der Waals surface area contributed by atoms with Gasteiger partial charge < -0.3 is 4.74 Å². The van der Waals surface area contributed by atoms with Gasteiger partial charge in [-0.05, 0) is 42.0 Å². The summed E-state index contributed by atoms with van der Waals surface area (Å²) in [5, 5.41) is 0. The van der Waals surface area contributed by atoms with Crippen LogP contribution in [0.15, 0.2) is 18.2 Å². The molecule has 2 atom stereocenters. The van der Waals surface area contributed by atoms with Gasteiger partial charge in [-0.2, -0.15) is 0 Å². The molecule has 1 aromatic carbocycles. The van der Waals surface area contributed by atoms with Crippen molar-refractivity contribution in [2.45, 2.75) is 45.6 Å². The molecule has 0 radical (unpaired) electrons. The summed E-state index contributed by atoms with van der Waals surface area (Å²) < 4.78 is 19.1. The van der Waals surface area contributed by atoms with Crippen LogP contribution in [-0.2, 0) is 11.2 Å². The van der Waals surface area contributed by atoms with Gasteiger partial charge in [0.2, 0.25) is 0 Å². The Hall–Kier alpha value is -0.890. The average molecular weight is 236 g/mol. The summed E-state index contributed by atoms with van der Waals surface area (Å²) in [4.78, 5) is 0. The summed E-state index contributed by atoms with van der Waals surface area (Å²) in [5.41, 5.74) is 2.41. The summed E-state index contributed by atoms with van der Waals surface area (Å²) in [6.07, 6.45) is 2.22. The number of benzene rings is 1. The average Bonchev–Trinajstić information content (AvgIpc) is 2.27. The van der Waals surface area contributed by atoms with E-state index in [1.807, 2.05) is 6.07 Å². The van der Waals surface area contributed by atoms with Crippen LogP contribution >= 0.6 is 0 Å². The van der Waals surface area contributed by atoms with Crippen molar-refractivity contribution in [3.8, 4) is 0 Å². The third-order valence-electron chi connectivity index (χ3n) is 3.50. The van der Waals surface area contributed by atoms with Gasteiger partial charge in [0.25, 0.3) is 0 Å². The molecule has 0 unspecified atom stereocenters. The maximum absolute atomic E-state index is 13.1. The van der Waals surface area contributed by atoms with Crippen molar-refractivity contribution in [2.75, 3.05) is 6.61 Å². The molecule has 0 heterocycles. The number of ether oxygens (including phenoxy) is 1. The first-order valence-corrected chi connectivity index (χ1v) is 6.48. The van der Waals surface area contributed by atoms with Crippen LogP contribution in [0.5, 0.6) is 0 Å². The molecule has 94 valence electrons. The minimum absolute atomic E-state index is 0.127. The highest BCUT2D eigenvalue weighted by Crippen LogP contribution is 2.33. The Morgan fingerprint density at radius 3 is 2.88 bits per heavy atom. The van der Waals surface area contributed by atoms with Crippen molar-refractivity contribution in [1.29, 1.82) is 0 Å². The second kappa shape index (κ2) is 5.18. The van der Waals surface area contributed by atoms with Crippen molar-refractivity contribution in [3.63, 3.8) is 0 Å². The molecule has 0 amide bonds. The highest BCUT2D eigenvalue weighted by molar-refractivity contribution is 5.34. The largest absolute Gasteiger partial charge is 0.377 e. The van der Waals surface area contributed by atoms with Crippen molar-refractivity contribution < 1.29 is 9.13 Å². The number of fused-ring (bicyclic) bond motifs is 1. The zero-order valence-corrected chi connectivity index (χ0v) is 10.9. The zero-order chi connectivity index (χ0) is 12.4. The Bertz CT molecular complexity index is 387. The minimum Gasteiger partial charge on any atom is -0.377 e. The van der Waals surface area contributed by atoms with Gasteiger partial charge in [0, 0.05) is 12.5 Å². The number of aryl methyl sites for hydroxylation is 1. The molecule has 0 spiro atoms. The lowest BCUT2D eigenvalue weighted by Crippen LogP contribution is -2.27. The summed E-state index contributed by atoms with van der Waals surface area (Å²) in [7, 11) is 0. The topological polar surface area (TPSA) is 9.23 Å².